The maximum atomic E-state index is 11.9. The zero-order chi connectivity index (χ0) is 14.8. The lowest BCUT2D eigenvalue weighted by molar-refractivity contribution is 0.0636. The predicted octanol–water partition coefficient (Wildman–Crippen LogP) is 5.16. The minimum absolute atomic E-state index is 0.462. The van der Waals surface area contributed by atoms with Crippen LogP contribution in [0.5, 0.6) is 0 Å². The first-order valence-corrected chi connectivity index (χ1v) is 6.93. The Morgan fingerprint density at radius 1 is 1.26 bits per heavy atom. The van der Waals surface area contributed by atoms with Crippen LogP contribution in [0.1, 0.15) is 45.1 Å². The van der Waals surface area contributed by atoms with Crippen LogP contribution < -0.4 is 5.32 Å². The standard InChI is InChI=1S/C15H21NO2S/c1-9(2)11-8-19-13(10(3)4)12(11)16-14(17)18-15(5,6)7/h8H,1,3H2,2,4-7H3,(H,16,17). The zero-order valence-corrected chi connectivity index (χ0v) is 13.0. The van der Waals surface area contributed by atoms with E-state index in [4.69, 9.17) is 4.74 Å². The lowest BCUT2D eigenvalue weighted by Gasteiger charge is -2.20. The van der Waals surface area contributed by atoms with Gasteiger partial charge in [-0.05, 0) is 45.8 Å². The van der Waals surface area contributed by atoms with Gasteiger partial charge in [0.05, 0.1) is 10.6 Å². The normalized spacial score (nSPS) is 11.0. The summed E-state index contributed by atoms with van der Waals surface area (Å²) in [5.41, 5.74) is 2.94. The molecule has 0 aliphatic carbocycles. The molecule has 0 saturated carbocycles. The smallest absolute Gasteiger partial charge is 0.412 e. The van der Waals surface area contributed by atoms with Crippen molar-refractivity contribution in [3.63, 3.8) is 0 Å². The summed E-state index contributed by atoms with van der Waals surface area (Å²) in [4.78, 5) is 12.8. The third-order valence-corrected chi connectivity index (χ3v) is 3.41. The molecule has 1 aromatic rings. The number of thiophene rings is 1. The van der Waals surface area contributed by atoms with Crippen LogP contribution in [0.2, 0.25) is 0 Å². The summed E-state index contributed by atoms with van der Waals surface area (Å²) >= 11 is 1.54. The summed E-state index contributed by atoms with van der Waals surface area (Å²) < 4.78 is 5.28. The molecule has 0 atom stereocenters. The molecule has 1 rings (SSSR count). The van der Waals surface area contributed by atoms with E-state index in [0.29, 0.717) is 0 Å². The fraction of sp³-hybridized carbons (Fsp3) is 0.400. The summed E-state index contributed by atoms with van der Waals surface area (Å²) in [5, 5.41) is 4.78. The van der Waals surface area contributed by atoms with Crippen molar-refractivity contribution in [2.24, 2.45) is 0 Å². The quantitative estimate of drug-likeness (QED) is 0.829. The average molecular weight is 279 g/mol. The number of hydrogen-bond acceptors (Lipinski definition) is 3. The Hall–Kier alpha value is -1.55. The second-order valence-electron chi connectivity index (χ2n) is 5.54. The van der Waals surface area contributed by atoms with Crippen molar-refractivity contribution in [1.82, 2.24) is 0 Å². The van der Waals surface area contributed by atoms with Crippen molar-refractivity contribution in [2.45, 2.75) is 40.2 Å². The number of hydrogen-bond donors (Lipinski definition) is 1. The first kappa shape index (κ1) is 15.5. The number of carbonyl (C=O) groups excluding carboxylic acids is 1. The Labute approximate surface area is 119 Å². The second kappa shape index (κ2) is 5.61. The summed E-state index contributed by atoms with van der Waals surface area (Å²) in [5.74, 6) is 0. The Kier molecular flexibility index (Phi) is 4.58. The van der Waals surface area contributed by atoms with Crippen LogP contribution in [0, 0.1) is 0 Å². The molecule has 0 unspecified atom stereocenters. The molecule has 1 aromatic heterocycles. The molecule has 0 aliphatic heterocycles. The van der Waals surface area contributed by atoms with Crippen molar-refractivity contribution < 1.29 is 9.53 Å². The van der Waals surface area contributed by atoms with Crippen molar-refractivity contribution in [3.05, 3.63) is 29.0 Å². The number of rotatable bonds is 3. The highest BCUT2D eigenvalue weighted by atomic mass is 32.1. The van der Waals surface area contributed by atoms with E-state index in [2.05, 4.69) is 18.5 Å². The number of amides is 1. The van der Waals surface area contributed by atoms with Crippen LogP contribution in [0.25, 0.3) is 11.1 Å². The lowest BCUT2D eigenvalue weighted by atomic mass is 10.1. The zero-order valence-electron chi connectivity index (χ0n) is 12.2. The molecule has 0 fully saturated rings. The summed E-state index contributed by atoms with van der Waals surface area (Å²) in [6, 6.07) is 0. The summed E-state index contributed by atoms with van der Waals surface area (Å²) in [6.45, 7) is 17.2. The van der Waals surface area contributed by atoms with Crippen molar-refractivity contribution in [1.29, 1.82) is 0 Å². The Morgan fingerprint density at radius 2 is 1.84 bits per heavy atom. The Bertz CT molecular complexity index is 489. The number of ether oxygens (including phenoxy) is 1. The largest absolute Gasteiger partial charge is 0.444 e. The minimum Gasteiger partial charge on any atom is -0.444 e. The van der Waals surface area contributed by atoms with Crippen LogP contribution in [-0.4, -0.2) is 11.7 Å². The van der Waals surface area contributed by atoms with E-state index < -0.39 is 11.7 Å². The van der Waals surface area contributed by atoms with Gasteiger partial charge in [0, 0.05) is 10.9 Å². The van der Waals surface area contributed by atoms with E-state index in [-0.39, 0.29) is 0 Å². The number of carbonyl (C=O) groups is 1. The van der Waals surface area contributed by atoms with Gasteiger partial charge in [-0.25, -0.2) is 4.79 Å². The molecule has 1 N–H and O–H groups in total. The van der Waals surface area contributed by atoms with E-state index in [9.17, 15) is 4.79 Å². The highest BCUT2D eigenvalue weighted by Crippen LogP contribution is 2.36. The fourth-order valence-corrected chi connectivity index (χ4v) is 2.55. The van der Waals surface area contributed by atoms with Gasteiger partial charge in [0.2, 0.25) is 0 Å². The van der Waals surface area contributed by atoms with E-state index >= 15 is 0 Å². The maximum absolute atomic E-state index is 11.9. The van der Waals surface area contributed by atoms with E-state index in [1.54, 1.807) is 11.3 Å². The van der Waals surface area contributed by atoms with Gasteiger partial charge in [-0.15, -0.1) is 11.3 Å². The molecule has 1 heterocycles. The predicted molar refractivity (Wildman–Crippen MR) is 83.6 cm³/mol. The van der Waals surface area contributed by atoms with E-state index in [1.807, 2.05) is 40.0 Å². The molecule has 19 heavy (non-hydrogen) atoms. The Balaban J connectivity index is 3.05. The molecule has 4 heteroatoms. The van der Waals surface area contributed by atoms with Crippen LogP contribution in [0.3, 0.4) is 0 Å². The molecular weight excluding hydrogens is 258 g/mol. The minimum atomic E-state index is -0.521. The van der Waals surface area contributed by atoms with Crippen molar-refractivity contribution in [2.75, 3.05) is 5.32 Å². The second-order valence-corrected chi connectivity index (χ2v) is 6.42. The van der Waals surface area contributed by atoms with Crippen molar-refractivity contribution >= 4 is 34.3 Å². The van der Waals surface area contributed by atoms with Crippen LogP contribution in [0.15, 0.2) is 18.5 Å². The summed E-state index contributed by atoms with van der Waals surface area (Å²) in [6.07, 6.45) is -0.462. The molecule has 0 radical (unpaired) electrons. The molecule has 0 aliphatic rings. The van der Waals surface area contributed by atoms with Gasteiger partial charge >= 0.3 is 6.09 Å². The molecule has 1 amide bonds. The van der Waals surface area contributed by atoms with Gasteiger partial charge < -0.3 is 4.74 Å². The third kappa shape index (κ3) is 4.24. The lowest BCUT2D eigenvalue weighted by Crippen LogP contribution is -2.27. The first-order valence-electron chi connectivity index (χ1n) is 6.05. The number of nitrogens with one attached hydrogen (secondary N) is 1. The van der Waals surface area contributed by atoms with Gasteiger partial charge in [0.25, 0.3) is 0 Å². The highest BCUT2D eigenvalue weighted by Gasteiger charge is 2.20. The molecular formula is C15H21NO2S. The summed E-state index contributed by atoms with van der Waals surface area (Å²) in [7, 11) is 0. The van der Waals surface area contributed by atoms with Gasteiger partial charge in [-0.1, -0.05) is 13.2 Å². The number of allylic oxidation sites excluding steroid dienone is 2. The average Bonchev–Trinajstić information content (AvgIpc) is 2.57. The van der Waals surface area contributed by atoms with Gasteiger partial charge in [-0.3, -0.25) is 5.32 Å². The Morgan fingerprint density at radius 3 is 2.26 bits per heavy atom. The van der Waals surface area contributed by atoms with E-state index in [0.717, 1.165) is 27.3 Å². The monoisotopic (exact) mass is 279 g/mol. The molecule has 0 saturated heterocycles. The van der Waals surface area contributed by atoms with Gasteiger partial charge in [-0.2, -0.15) is 0 Å². The number of anilines is 1. The van der Waals surface area contributed by atoms with Crippen LogP contribution in [-0.2, 0) is 4.74 Å². The maximum Gasteiger partial charge on any atom is 0.412 e. The van der Waals surface area contributed by atoms with Crippen molar-refractivity contribution in [3.8, 4) is 0 Å². The topological polar surface area (TPSA) is 38.3 Å². The van der Waals surface area contributed by atoms with Gasteiger partial charge in [0.1, 0.15) is 5.60 Å². The molecule has 104 valence electrons. The molecule has 0 spiro atoms. The highest BCUT2D eigenvalue weighted by molar-refractivity contribution is 7.12. The van der Waals surface area contributed by atoms with Crippen LogP contribution in [0.4, 0.5) is 10.5 Å². The SMILES string of the molecule is C=C(C)c1csc(C(=C)C)c1NC(=O)OC(C)(C)C. The molecule has 0 bridgehead atoms. The third-order valence-electron chi connectivity index (χ3n) is 2.26. The van der Waals surface area contributed by atoms with E-state index in [1.165, 1.54) is 0 Å². The van der Waals surface area contributed by atoms with Gasteiger partial charge in [0.15, 0.2) is 0 Å². The fourth-order valence-electron chi connectivity index (χ4n) is 1.52. The molecule has 3 nitrogen and oxygen atoms in total. The first-order chi connectivity index (χ1) is 8.61. The molecule has 0 aromatic carbocycles. The van der Waals surface area contributed by atoms with Crippen LogP contribution >= 0.6 is 11.3 Å².